The molecule has 2 N–H and O–H groups in total. The smallest absolute Gasteiger partial charge is 0.339 e. The summed E-state index contributed by atoms with van der Waals surface area (Å²) in [6, 6.07) is 10.4. The van der Waals surface area contributed by atoms with Gasteiger partial charge in [0.1, 0.15) is 0 Å². The number of hydrogen-bond acceptors (Lipinski definition) is 6. The Morgan fingerprint density at radius 3 is 2.19 bits per heavy atom. The fourth-order valence-corrected chi connectivity index (χ4v) is 2.97. The van der Waals surface area contributed by atoms with Crippen LogP contribution in [0.15, 0.2) is 36.4 Å². The van der Waals surface area contributed by atoms with Crippen LogP contribution in [0.1, 0.15) is 42.3 Å². The monoisotopic (exact) mass is 442 g/mol. The number of amides is 2. The average Bonchev–Trinajstić information content (AvgIpc) is 2.76. The van der Waals surface area contributed by atoms with Crippen LogP contribution in [0.5, 0.6) is 11.5 Å². The summed E-state index contributed by atoms with van der Waals surface area (Å²) in [5.41, 5.74) is 2.79. The highest BCUT2D eigenvalue weighted by Gasteiger charge is 2.21. The summed E-state index contributed by atoms with van der Waals surface area (Å²) in [6.45, 7) is 9.51. The molecule has 0 saturated carbocycles. The minimum absolute atomic E-state index is 0.226. The minimum Gasteiger partial charge on any atom is -0.490 e. The highest BCUT2D eigenvalue weighted by Crippen LogP contribution is 2.29. The third-order valence-electron chi connectivity index (χ3n) is 4.60. The lowest BCUT2D eigenvalue weighted by molar-refractivity contribution is -0.130. The summed E-state index contributed by atoms with van der Waals surface area (Å²) in [5.74, 6) is -0.694. The number of carbonyl (C=O) groups is 3. The Morgan fingerprint density at radius 2 is 1.56 bits per heavy atom. The first-order valence-corrected chi connectivity index (χ1v) is 10.5. The lowest BCUT2D eigenvalue weighted by Crippen LogP contribution is -2.40. The third-order valence-corrected chi connectivity index (χ3v) is 4.60. The van der Waals surface area contributed by atoms with Gasteiger partial charge in [0.05, 0.1) is 25.3 Å². The molecule has 2 amide bonds. The molecule has 0 heterocycles. The molecule has 1 atom stereocenters. The topological polar surface area (TPSA) is 103 Å². The average molecular weight is 443 g/mol. The summed E-state index contributed by atoms with van der Waals surface area (Å²) < 4.78 is 16.2. The molecule has 0 bridgehead atoms. The zero-order chi connectivity index (χ0) is 23.7. The van der Waals surface area contributed by atoms with Crippen molar-refractivity contribution in [2.45, 2.75) is 40.7 Å². The lowest BCUT2D eigenvalue weighted by Gasteiger charge is -2.16. The number of esters is 1. The first kappa shape index (κ1) is 24.7. The van der Waals surface area contributed by atoms with Gasteiger partial charge in [-0.3, -0.25) is 9.59 Å². The van der Waals surface area contributed by atoms with Gasteiger partial charge in [0.2, 0.25) is 5.91 Å². The van der Waals surface area contributed by atoms with Gasteiger partial charge in [0.15, 0.2) is 17.6 Å². The van der Waals surface area contributed by atoms with Crippen molar-refractivity contribution in [3.63, 3.8) is 0 Å². The van der Waals surface area contributed by atoms with E-state index in [-0.39, 0.29) is 18.0 Å². The van der Waals surface area contributed by atoms with E-state index in [9.17, 15) is 14.4 Å². The first-order valence-electron chi connectivity index (χ1n) is 10.5. The number of rotatable bonds is 10. The van der Waals surface area contributed by atoms with Gasteiger partial charge >= 0.3 is 5.97 Å². The SMILES string of the molecule is CCOc1ccc(C(=O)OC(C)C(=O)NCC(=O)Nc2c(C)cccc2C)cc1OCC. The van der Waals surface area contributed by atoms with E-state index in [1.165, 1.54) is 13.0 Å². The molecule has 2 aromatic carbocycles. The Bertz CT molecular complexity index is 953. The molecule has 2 aromatic rings. The number of benzene rings is 2. The second kappa shape index (κ2) is 11.7. The summed E-state index contributed by atoms with van der Waals surface area (Å²) in [4.78, 5) is 37.0. The van der Waals surface area contributed by atoms with E-state index in [2.05, 4.69) is 10.6 Å². The maximum absolute atomic E-state index is 12.5. The van der Waals surface area contributed by atoms with Crippen molar-refractivity contribution in [2.75, 3.05) is 25.1 Å². The Labute approximate surface area is 188 Å². The molecule has 0 aliphatic heterocycles. The number of anilines is 1. The van der Waals surface area contributed by atoms with Gasteiger partial charge in [-0.15, -0.1) is 0 Å². The fourth-order valence-electron chi connectivity index (χ4n) is 2.97. The fraction of sp³-hybridized carbons (Fsp3) is 0.375. The molecule has 1 unspecified atom stereocenters. The highest BCUT2D eigenvalue weighted by molar-refractivity contribution is 5.97. The predicted molar refractivity (Wildman–Crippen MR) is 121 cm³/mol. The van der Waals surface area contributed by atoms with Crippen molar-refractivity contribution in [3.05, 3.63) is 53.1 Å². The van der Waals surface area contributed by atoms with Gasteiger partial charge in [-0.2, -0.15) is 0 Å². The second-order valence-corrected chi connectivity index (χ2v) is 7.11. The maximum atomic E-state index is 12.5. The van der Waals surface area contributed by atoms with Crippen molar-refractivity contribution in [1.29, 1.82) is 0 Å². The molecule has 0 aromatic heterocycles. The molecule has 0 spiro atoms. The Balaban J connectivity index is 1.92. The summed E-state index contributed by atoms with van der Waals surface area (Å²) in [7, 11) is 0. The largest absolute Gasteiger partial charge is 0.490 e. The van der Waals surface area contributed by atoms with Crippen molar-refractivity contribution in [2.24, 2.45) is 0 Å². The van der Waals surface area contributed by atoms with Gasteiger partial charge in [0.25, 0.3) is 5.91 Å². The van der Waals surface area contributed by atoms with E-state index in [0.717, 1.165) is 11.1 Å². The Hall–Kier alpha value is -3.55. The molecule has 32 heavy (non-hydrogen) atoms. The molecule has 172 valence electrons. The minimum atomic E-state index is -1.09. The van der Waals surface area contributed by atoms with Crippen LogP contribution < -0.4 is 20.1 Å². The summed E-state index contributed by atoms with van der Waals surface area (Å²) in [5, 5.41) is 5.27. The van der Waals surface area contributed by atoms with Gasteiger partial charge in [-0.05, 0) is 63.9 Å². The van der Waals surface area contributed by atoms with Crippen molar-refractivity contribution in [3.8, 4) is 11.5 Å². The lowest BCUT2D eigenvalue weighted by atomic mass is 10.1. The van der Waals surface area contributed by atoms with Gasteiger partial charge in [0, 0.05) is 5.69 Å². The molecule has 0 aliphatic rings. The number of nitrogens with one attached hydrogen (secondary N) is 2. The van der Waals surface area contributed by atoms with Crippen LogP contribution >= 0.6 is 0 Å². The van der Waals surface area contributed by atoms with E-state index in [4.69, 9.17) is 14.2 Å². The van der Waals surface area contributed by atoms with Crippen LogP contribution in [0.25, 0.3) is 0 Å². The Kier molecular flexibility index (Phi) is 9.07. The van der Waals surface area contributed by atoms with Crippen LogP contribution in [0, 0.1) is 13.8 Å². The van der Waals surface area contributed by atoms with E-state index in [1.54, 1.807) is 12.1 Å². The van der Waals surface area contributed by atoms with Gasteiger partial charge in [-0.1, -0.05) is 18.2 Å². The number of aryl methyl sites for hydroxylation is 2. The van der Waals surface area contributed by atoms with Crippen molar-refractivity contribution >= 4 is 23.5 Å². The van der Waals surface area contributed by atoms with Crippen molar-refractivity contribution in [1.82, 2.24) is 5.32 Å². The predicted octanol–water partition coefficient (Wildman–Crippen LogP) is 3.40. The highest BCUT2D eigenvalue weighted by atomic mass is 16.5. The summed E-state index contributed by atoms with van der Waals surface area (Å²) >= 11 is 0. The molecule has 0 radical (unpaired) electrons. The normalized spacial score (nSPS) is 11.3. The van der Waals surface area contributed by atoms with Crippen LogP contribution in [0.2, 0.25) is 0 Å². The summed E-state index contributed by atoms with van der Waals surface area (Å²) in [6.07, 6.45) is -1.09. The van der Waals surface area contributed by atoms with Crippen LogP contribution in [0.4, 0.5) is 5.69 Å². The third kappa shape index (κ3) is 6.73. The molecular weight excluding hydrogens is 412 g/mol. The standard InChI is InChI=1S/C24H30N2O6/c1-6-30-19-12-11-18(13-20(19)31-7-2)24(29)32-17(5)23(28)25-14-21(27)26-22-15(3)9-8-10-16(22)4/h8-13,17H,6-7,14H2,1-5H3,(H,25,28)(H,26,27). The number of para-hydroxylation sites is 1. The Morgan fingerprint density at radius 1 is 0.938 bits per heavy atom. The number of carbonyl (C=O) groups excluding carboxylic acids is 3. The van der Waals surface area contributed by atoms with Crippen molar-refractivity contribution < 1.29 is 28.6 Å². The molecule has 0 saturated heterocycles. The maximum Gasteiger partial charge on any atom is 0.339 e. The van der Waals surface area contributed by atoms with Gasteiger partial charge in [-0.25, -0.2) is 4.79 Å². The molecule has 2 rings (SSSR count). The molecular formula is C24H30N2O6. The van der Waals surface area contributed by atoms with Crippen LogP contribution in [-0.2, 0) is 14.3 Å². The van der Waals surface area contributed by atoms with Gasteiger partial charge < -0.3 is 24.8 Å². The molecule has 8 nitrogen and oxygen atoms in total. The van der Waals surface area contributed by atoms with E-state index >= 15 is 0 Å². The van der Waals surface area contributed by atoms with Crippen LogP contribution in [0.3, 0.4) is 0 Å². The number of hydrogen-bond donors (Lipinski definition) is 2. The van der Waals surface area contributed by atoms with E-state index in [1.807, 2.05) is 45.9 Å². The molecule has 0 fully saturated rings. The molecule has 0 aliphatic carbocycles. The van der Waals surface area contributed by atoms with Crippen LogP contribution in [-0.4, -0.2) is 43.6 Å². The van der Waals surface area contributed by atoms with E-state index in [0.29, 0.717) is 30.4 Å². The molecule has 8 heteroatoms. The number of ether oxygens (including phenoxy) is 3. The zero-order valence-electron chi connectivity index (χ0n) is 19.1. The quantitative estimate of drug-likeness (QED) is 0.547. The second-order valence-electron chi connectivity index (χ2n) is 7.11. The van der Waals surface area contributed by atoms with E-state index < -0.39 is 18.0 Å². The first-order chi connectivity index (χ1) is 15.3. The zero-order valence-corrected chi connectivity index (χ0v) is 19.1.